The third-order valence-electron chi connectivity index (χ3n) is 17.9. The summed E-state index contributed by atoms with van der Waals surface area (Å²) in [4.78, 5) is 72.8. The fourth-order valence-electron chi connectivity index (χ4n) is 11.5. The molecular weight excluding hydrogens is 1250 g/mol. The molecule has 0 rings (SSSR count). The highest BCUT2D eigenvalue weighted by Crippen LogP contribution is 2.45. The standard InChI is InChI=1S/C76H148O17P2/c1-9-69(8)55-47-39-34-35-43-51-59-76(81)93-72(63-87-74(79)57-49-41-33-27-30-38-46-54-68(6)7)65-91-95(84,85)89-61-70(77)60-88-94(82,83)90-64-71(92-75(80)58-50-42-32-26-22-18-14-13-16-20-24-29-37-45-53-67(4)5)62-86-73(78)56-48-40-31-25-21-17-12-10-11-15-19-23-28-36-44-52-66(2)3/h66-72,77H,9-65H2,1-8H3,(H,82,83)(H,84,85)/t69?,70?,71-,72-/m1/s1. The second kappa shape index (κ2) is 65.4. The van der Waals surface area contributed by atoms with Crippen molar-refractivity contribution in [2.45, 2.75) is 401 Å². The molecule has 0 aliphatic rings. The Bertz CT molecular complexity index is 1870. The number of ether oxygens (including phenoxy) is 4. The van der Waals surface area contributed by atoms with Crippen molar-refractivity contribution in [1.29, 1.82) is 0 Å². The molecule has 0 heterocycles. The Morgan fingerprint density at radius 2 is 0.505 bits per heavy atom. The minimum atomic E-state index is -4.96. The predicted octanol–water partition coefficient (Wildman–Crippen LogP) is 22.0. The summed E-state index contributed by atoms with van der Waals surface area (Å²) in [5, 5.41) is 10.6. The molecule has 0 bridgehead atoms. The minimum Gasteiger partial charge on any atom is -0.462 e. The first-order chi connectivity index (χ1) is 45.6. The zero-order valence-corrected chi connectivity index (χ0v) is 64.1. The van der Waals surface area contributed by atoms with Crippen LogP contribution < -0.4 is 0 Å². The molecule has 0 aliphatic carbocycles. The Morgan fingerprint density at radius 3 is 0.747 bits per heavy atom. The maximum Gasteiger partial charge on any atom is 0.472 e. The summed E-state index contributed by atoms with van der Waals surface area (Å²) >= 11 is 0. The molecule has 0 saturated heterocycles. The zero-order valence-electron chi connectivity index (χ0n) is 62.3. The summed E-state index contributed by atoms with van der Waals surface area (Å²) in [7, 11) is -9.91. The molecule has 564 valence electrons. The summed E-state index contributed by atoms with van der Waals surface area (Å²) in [5.41, 5.74) is 0. The first-order valence-electron chi connectivity index (χ1n) is 39.2. The normalized spacial score (nSPS) is 14.4. The number of carbonyl (C=O) groups excluding carboxylic acids is 4. The van der Waals surface area contributed by atoms with Gasteiger partial charge in [-0.1, -0.05) is 331 Å². The van der Waals surface area contributed by atoms with Gasteiger partial charge in [0.2, 0.25) is 0 Å². The molecule has 6 atom stereocenters. The van der Waals surface area contributed by atoms with Gasteiger partial charge in [0.15, 0.2) is 12.2 Å². The zero-order chi connectivity index (χ0) is 70.3. The second-order valence-electron chi connectivity index (χ2n) is 29.1. The SMILES string of the molecule is CCC(C)CCCCCCCCC(=O)O[C@H](COC(=O)CCCCCCCCCC(C)C)COP(=O)(O)OCC(O)COP(=O)(O)OC[C@@H](COC(=O)CCCCCCCCCCCCCCCCCC(C)C)OC(=O)CCCCCCCCCCCCCCCCC(C)C. The fraction of sp³-hybridized carbons (Fsp3) is 0.947. The molecule has 0 spiro atoms. The molecule has 0 aliphatic heterocycles. The van der Waals surface area contributed by atoms with Crippen LogP contribution in [0.15, 0.2) is 0 Å². The van der Waals surface area contributed by atoms with Gasteiger partial charge in [-0.25, -0.2) is 9.13 Å². The molecule has 0 aromatic rings. The number of phosphoric acid groups is 2. The van der Waals surface area contributed by atoms with Gasteiger partial charge in [-0.05, 0) is 49.4 Å². The lowest BCUT2D eigenvalue weighted by Gasteiger charge is -2.21. The molecule has 0 saturated carbocycles. The highest BCUT2D eigenvalue weighted by Gasteiger charge is 2.30. The average molecular weight is 1400 g/mol. The van der Waals surface area contributed by atoms with Crippen LogP contribution in [0.3, 0.4) is 0 Å². The summed E-state index contributed by atoms with van der Waals surface area (Å²) in [6, 6.07) is 0. The van der Waals surface area contributed by atoms with Gasteiger partial charge in [-0.15, -0.1) is 0 Å². The van der Waals surface area contributed by atoms with Gasteiger partial charge in [-0.2, -0.15) is 0 Å². The molecular formula is C76H148O17P2. The lowest BCUT2D eigenvalue weighted by atomic mass is 10.00. The smallest absolute Gasteiger partial charge is 0.462 e. The van der Waals surface area contributed by atoms with Crippen molar-refractivity contribution in [2.24, 2.45) is 23.7 Å². The van der Waals surface area contributed by atoms with E-state index < -0.39 is 97.5 Å². The lowest BCUT2D eigenvalue weighted by Crippen LogP contribution is -2.30. The van der Waals surface area contributed by atoms with Gasteiger partial charge in [0.05, 0.1) is 26.4 Å². The van der Waals surface area contributed by atoms with Gasteiger partial charge in [0.1, 0.15) is 19.3 Å². The van der Waals surface area contributed by atoms with Gasteiger partial charge in [0, 0.05) is 25.7 Å². The number of hydrogen-bond acceptors (Lipinski definition) is 15. The van der Waals surface area contributed by atoms with Gasteiger partial charge >= 0.3 is 39.5 Å². The number of hydrogen-bond donors (Lipinski definition) is 3. The summed E-state index contributed by atoms with van der Waals surface area (Å²) < 4.78 is 68.5. The Kier molecular flexibility index (Phi) is 64.0. The summed E-state index contributed by atoms with van der Waals surface area (Å²) in [6.07, 6.45) is 50.1. The number of unbranched alkanes of at least 4 members (excludes halogenated alkanes) is 38. The third kappa shape index (κ3) is 69.0. The van der Waals surface area contributed by atoms with Gasteiger partial charge in [0.25, 0.3) is 0 Å². The predicted molar refractivity (Wildman–Crippen MR) is 386 cm³/mol. The summed E-state index contributed by atoms with van der Waals surface area (Å²) in [6.45, 7) is 14.1. The maximum atomic E-state index is 13.1. The first kappa shape index (κ1) is 93.1. The minimum absolute atomic E-state index is 0.102. The van der Waals surface area contributed by atoms with Crippen molar-refractivity contribution < 1.29 is 80.2 Å². The van der Waals surface area contributed by atoms with Crippen molar-refractivity contribution in [3.05, 3.63) is 0 Å². The topological polar surface area (TPSA) is 237 Å². The van der Waals surface area contributed by atoms with Crippen LogP contribution in [0.1, 0.15) is 383 Å². The van der Waals surface area contributed by atoms with Crippen molar-refractivity contribution in [1.82, 2.24) is 0 Å². The van der Waals surface area contributed by atoms with E-state index in [-0.39, 0.29) is 25.7 Å². The van der Waals surface area contributed by atoms with E-state index in [0.29, 0.717) is 31.6 Å². The Balaban J connectivity index is 5.23. The van der Waals surface area contributed by atoms with Gasteiger partial charge < -0.3 is 33.8 Å². The van der Waals surface area contributed by atoms with Crippen LogP contribution in [0.5, 0.6) is 0 Å². The van der Waals surface area contributed by atoms with Crippen LogP contribution in [0, 0.1) is 23.7 Å². The molecule has 3 N–H and O–H groups in total. The van der Waals surface area contributed by atoms with Crippen LogP contribution in [-0.4, -0.2) is 96.7 Å². The molecule has 17 nitrogen and oxygen atoms in total. The largest absolute Gasteiger partial charge is 0.472 e. The molecule has 0 fully saturated rings. The number of esters is 4. The number of aliphatic hydroxyl groups excluding tert-OH is 1. The number of carbonyl (C=O) groups is 4. The molecule has 0 aromatic heterocycles. The molecule has 19 heteroatoms. The van der Waals surface area contributed by atoms with E-state index >= 15 is 0 Å². The maximum absolute atomic E-state index is 13.1. The fourth-order valence-corrected chi connectivity index (χ4v) is 13.1. The van der Waals surface area contributed by atoms with E-state index in [1.54, 1.807) is 0 Å². The summed E-state index contributed by atoms with van der Waals surface area (Å²) in [5.74, 6) is 0.902. The quantitative estimate of drug-likeness (QED) is 0.0222. The Hall–Kier alpha value is -1.94. The highest BCUT2D eigenvalue weighted by atomic mass is 31.2. The number of aliphatic hydroxyl groups is 1. The first-order valence-corrected chi connectivity index (χ1v) is 42.2. The second-order valence-corrected chi connectivity index (χ2v) is 32.0. The van der Waals surface area contributed by atoms with E-state index in [1.807, 2.05) is 0 Å². The lowest BCUT2D eigenvalue weighted by molar-refractivity contribution is -0.161. The van der Waals surface area contributed by atoms with Crippen molar-refractivity contribution in [2.75, 3.05) is 39.6 Å². The molecule has 0 aromatic carbocycles. The van der Waals surface area contributed by atoms with E-state index in [9.17, 15) is 43.2 Å². The van der Waals surface area contributed by atoms with Gasteiger partial charge in [-0.3, -0.25) is 37.3 Å². The molecule has 95 heavy (non-hydrogen) atoms. The van der Waals surface area contributed by atoms with Crippen molar-refractivity contribution in [3.63, 3.8) is 0 Å². The van der Waals surface area contributed by atoms with E-state index in [4.69, 9.17) is 37.0 Å². The highest BCUT2D eigenvalue weighted by molar-refractivity contribution is 7.47. The number of rotatable bonds is 73. The number of phosphoric ester groups is 2. The molecule has 4 unspecified atom stereocenters. The third-order valence-corrected chi connectivity index (χ3v) is 19.8. The van der Waals surface area contributed by atoms with Crippen LogP contribution in [0.4, 0.5) is 0 Å². The monoisotopic (exact) mass is 1400 g/mol. The van der Waals surface area contributed by atoms with E-state index in [2.05, 4.69) is 55.4 Å². The van der Waals surface area contributed by atoms with Crippen LogP contribution >= 0.6 is 15.6 Å². The Morgan fingerprint density at radius 1 is 0.295 bits per heavy atom. The van der Waals surface area contributed by atoms with Crippen LogP contribution in [-0.2, 0) is 65.4 Å². The molecule has 0 radical (unpaired) electrons. The van der Waals surface area contributed by atoms with E-state index in [0.717, 1.165) is 114 Å². The van der Waals surface area contributed by atoms with E-state index in [1.165, 1.54) is 180 Å². The average Bonchev–Trinajstić information content (AvgIpc) is 1.71. The van der Waals surface area contributed by atoms with Crippen LogP contribution in [0.25, 0.3) is 0 Å². The Labute approximate surface area is 581 Å². The van der Waals surface area contributed by atoms with Crippen molar-refractivity contribution in [3.8, 4) is 0 Å². The van der Waals surface area contributed by atoms with Crippen molar-refractivity contribution >= 4 is 39.5 Å². The van der Waals surface area contributed by atoms with Crippen LogP contribution in [0.2, 0.25) is 0 Å². The molecule has 0 amide bonds.